The molecule has 8 aromatic carbocycles. The minimum absolute atomic E-state index is 0.0878. The molecule has 0 bridgehead atoms. The van der Waals surface area contributed by atoms with Crippen LogP contribution in [0.3, 0.4) is 0 Å². The van der Waals surface area contributed by atoms with E-state index in [0.717, 1.165) is 39.3 Å². The van der Waals surface area contributed by atoms with Crippen LogP contribution in [0.15, 0.2) is 182 Å². The lowest BCUT2D eigenvalue weighted by Crippen LogP contribution is -2.15. The predicted molar refractivity (Wildman–Crippen MR) is 222 cm³/mol. The number of hydrogen-bond donors (Lipinski definition) is 0. The van der Waals surface area contributed by atoms with Gasteiger partial charge in [-0.15, -0.1) is 0 Å². The maximum absolute atomic E-state index is 5.16. The third-order valence-corrected chi connectivity index (χ3v) is 11.1. The summed E-state index contributed by atoms with van der Waals surface area (Å²) >= 11 is 0. The number of aromatic nitrogens is 2. The molecule has 1 heterocycles. The number of rotatable bonds is 5. The second kappa shape index (κ2) is 12.3. The Balaban J connectivity index is 1.07. The molecule has 0 unspecified atom stereocenters. The molecule has 53 heavy (non-hydrogen) atoms. The van der Waals surface area contributed by atoms with Gasteiger partial charge in [-0.05, 0) is 72.1 Å². The van der Waals surface area contributed by atoms with E-state index in [1.165, 1.54) is 60.7 Å². The summed E-state index contributed by atoms with van der Waals surface area (Å²) in [5.41, 5.74) is 15.3. The van der Waals surface area contributed by atoms with E-state index < -0.39 is 0 Å². The number of fused-ring (bicyclic) bond motifs is 6. The molecule has 1 aliphatic rings. The van der Waals surface area contributed by atoms with Crippen molar-refractivity contribution in [2.24, 2.45) is 0 Å². The lowest BCUT2D eigenvalue weighted by Gasteiger charge is -2.23. The Morgan fingerprint density at radius 2 is 0.943 bits per heavy atom. The Morgan fingerprint density at radius 1 is 0.377 bits per heavy atom. The fourth-order valence-electron chi connectivity index (χ4n) is 8.55. The third-order valence-electron chi connectivity index (χ3n) is 11.1. The Bertz CT molecular complexity index is 2780. The van der Waals surface area contributed by atoms with Gasteiger partial charge in [-0.1, -0.05) is 190 Å². The maximum atomic E-state index is 5.16. The van der Waals surface area contributed by atoms with Gasteiger partial charge in [-0.3, -0.25) is 0 Å². The van der Waals surface area contributed by atoms with E-state index in [-0.39, 0.29) is 5.41 Å². The summed E-state index contributed by atoms with van der Waals surface area (Å²) in [4.78, 5) is 10.2. The second-order valence-electron chi connectivity index (χ2n) is 14.5. The summed E-state index contributed by atoms with van der Waals surface area (Å²) in [6.07, 6.45) is 0. The standard InChI is InChI=1S/C51H36N2/c1-51(2)45-23-13-22-39(48(45)44-29-28-33-14-9-10-19-40(33)49(44)51)35-26-24-34(25-27-35)38-30-31-43(42-21-12-11-20-41(38)42)47-32-46(36-15-5-3-6-16-36)52-50(53-47)37-17-7-4-8-18-37/h3-32H,1-2H3. The van der Waals surface area contributed by atoms with E-state index in [0.29, 0.717) is 0 Å². The summed E-state index contributed by atoms with van der Waals surface area (Å²) in [7, 11) is 0. The van der Waals surface area contributed by atoms with Gasteiger partial charge in [0.1, 0.15) is 0 Å². The number of hydrogen-bond acceptors (Lipinski definition) is 2. The van der Waals surface area contributed by atoms with Crippen molar-refractivity contribution in [2.45, 2.75) is 19.3 Å². The van der Waals surface area contributed by atoms with Crippen molar-refractivity contribution in [3.8, 4) is 67.3 Å². The molecule has 0 aliphatic heterocycles. The van der Waals surface area contributed by atoms with Crippen molar-refractivity contribution >= 4 is 21.5 Å². The van der Waals surface area contributed by atoms with Crippen LogP contribution in [0.1, 0.15) is 25.0 Å². The van der Waals surface area contributed by atoms with Crippen LogP contribution < -0.4 is 0 Å². The molecular weight excluding hydrogens is 641 g/mol. The van der Waals surface area contributed by atoms with Crippen LogP contribution in [0, 0.1) is 0 Å². The molecule has 9 aromatic rings. The molecular formula is C51H36N2. The SMILES string of the molecule is CC1(C)c2cccc(-c3ccc(-c4ccc(-c5cc(-c6ccccc6)nc(-c6ccccc6)n5)c5ccccc45)cc3)c2-c2ccc3ccccc3c21. The number of benzene rings is 8. The molecule has 0 radical (unpaired) electrons. The summed E-state index contributed by atoms with van der Waals surface area (Å²) in [6.45, 7) is 4.75. The highest BCUT2D eigenvalue weighted by Gasteiger charge is 2.38. The quantitative estimate of drug-likeness (QED) is 0.181. The minimum atomic E-state index is -0.0878. The van der Waals surface area contributed by atoms with Gasteiger partial charge in [0.15, 0.2) is 5.82 Å². The van der Waals surface area contributed by atoms with E-state index in [2.05, 4.69) is 172 Å². The van der Waals surface area contributed by atoms with Crippen LogP contribution >= 0.6 is 0 Å². The largest absolute Gasteiger partial charge is 0.228 e. The third kappa shape index (κ3) is 5.10. The topological polar surface area (TPSA) is 25.8 Å². The van der Waals surface area contributed by atoms with Crippen LogP contribution in [-0.4, -0.2) is 9.97 Å². The van der Waals surface area contributed by atoms with E-state index in [4.69, 9.17) is 9.97 Å². The summed E-state index contributed by atoms with van der Waals surface area (Å²) in [5.74, 6) is 0.720. The average Bonchev–Trinajstić information content (AvgIpc) is 3.47. The zero-order chi connectivity index (χ0) is 35.5. The van der Waals surface area contributed by atoms with Crippen molar-refractivity contribution in [3.63, 3.8) is 0 Å². The molecule has 1 aromatic heterocycles. The van der Waals surface area contributed by atoms with Gasteiger partial charge in [0.25, 0.3) is 0 Å². The van der Waals surface area contributed by atoms with Crippen molar-refractivity contribution in [1.82, 2.24) is 9.97 Å². The van der Waals surface area contributed by atoms with Gasteiger partial charge in [0.05, 0.1) is 11.4 Å². The molecule has 2 heteroatoms. The van der Waals surface area contributed by atoms with Crippen LogP contribution in [0.4, 0.5) is 0 Å². The van der Waals surface area contributed by atoms with Gasteiger partial charge in [-0.25, -0.2) is 9.97 Å². The predicted octanol–water partition coefficient (Wildman–Crippen LogP) is 13.4. The van der Waals surface area contributed by atoms with E-state index in [1.54, 1.807) is 0 Å². The second-order valence-corrected chi connectivity index (χ2v) is 14.5. The Morgan fingerprint density at radius 3 is 1.68 bits per heavy atom. The molecule has 0 fully saturated rings. The molecule has 2 nitrogen and oxygen atoms in total. The van der Waals surface area contributed by atoms with Crippen LogP contribution in [0.25, 0.3) is 88.8 Å². The van der Waals surface area contributed by atoms with Gasteiger partial charge in [0, 0.05) is 22.1 Å². The number of nitrogens with zero attached hydrogens (tertiary/aromatic N) is 2. The monoisotopic (exact) mass is 676 g/mol. The highest BCUT2D eigenvalue weighted by atomic mass is 14.9. The van der Waals surface area contributed by atoms with Gasteiger partial charge in [-0.2, -0.15) is 0 Å². The first-order chi connectivity index (χ1) is 26.0. The van der Waals surface area contributed by atoms with Crippen LogP contribution in [0.2, 0.25) is 0 Å². The summed E-state index contributed by atoms with van der Waals surface area (Å²) in [6, 6.07) is 65.3. The van der Waals surface area contributed by atoms with Crippen LogP contribution in [0.5, 0.6) is 0 Å². The molecule has 0 saturated heterocycles. The molecule has 250 valence electrons. The lowest BCUT2D eigenvalue weighted by molar-refractivity contribution is 0.666. The first kappa shape index (κ1) is 31.1. The molecule has 10 rings (SSSR count). The first-order valence-corrected chi connectivity index (χ1v) is 18.3. The Kier molecular flexibility index (Phi) is 7.19. The van der Waals surface area contributed by atoms with E-state index >= 15 is 0 Å². The van der Waals surface area contributed by atoms with Gasteiger partial charge < -0.3 is 0 Å². The molecule has 1 aliphatic carbocycles. The van der Waals surface area contributed by atoms with Crippen molar-refractivity contribution < 1.29 is 0 Å². The van der Waals surface area contributed by atoms with Crippen LogP contribution in [-0.2, 0) is 5.41 Å². The molecule has 0 spiro atoms. The zero-order valence-corrected chi connectivity index (χ0v) is 29.7. The smallest absolute Gasteiger partial charge is 0.160 e. The average molecular weight is 677 g/mol. The molecule has 0 atom stereocenters. The zero-order valence-electron chi connectivity index (χ0n) is 29.7. The minimum Gasteiger partial charge on any atom is -0.228 e. The molecule has 0 saturated carbocycles. The fraction of sp³-hybridized carbons (Fsp3) is 0.0588. The Labute approximate surface area is 310 Å². The van der Waals surface area contributed by atoms with Crippen molar-refractivity contribution in [3.05, 3.63) is 193 Å². The van der Waals surface area contributed by atoms with Gasteiger partial charge in [0.2, 0.25) is 0 Å². The molecule has 0 amide bonds. The first-order valence-electron chi connectivity index (χ1n) is 18.3. The summed E-state index contributed by atoms with van der Waals surface area (Å²) in [5, 5.41) is 5.00. The fourth-order valence-corrected chi connectivity index (χ4v) is 8.55. The normalized spacial score (nSPS) is 12.9. The molecule has 0 N–H and O–H groups in total. The Hall–Kier alpha value is -6.64. The van der Waals surface area contributed by atoms with E-state index in [9.17, 15) is 0 Å². The highest BCUT2D eigenvalue weighted by Crippen LogP contribution is 2.54. The van der Waals surface area contributed by atoms with Gasteiger partial charge >= 0.3 is 0 Å². The van der Waals surface area contributed by atoms with Crippen molar-refractivity contribution in [2.75, 3.05) is 0 Å². The van der Waals surface area contributed by atoms with Crippen molar-refractivity contribution in [1.29, 1.82) is 0 Å². The maximum Gasteiger partial charge on any atom is 0.160 e. The lowest BCUT2D eigenvalue weighted by atomic mass is 9.80. The highest BCUT2D eigenvalue weighted by molar-refractivity contribution is 6.05. The summed E-state index contributed by atoms with van der Waals surface area (Å²) < 4.78 is 0. The van der Waals surface area contributed by atoms with E-state index in [1.807, 2.05) is 24.3 Å².